The normalized spacial score (nSPS) is 11.0. The molecule has 0 aliphatic rings. The second kappa shape index (κ2) is 8.93. The van der Waals surface area contributed by atoms with E-state index in [-0.39, 0.29) is 17.5 Å². The van der Waals surface area contributed by atoms with Gasteiger partial charge in [-0.3, -0.25) is 9.59 Å². The Labute approximate surface area is 169 Å². The van der Waals surface area contributed by atoms with Gasteiger partial charge in [-0.2, -0.15) is 5.10 Å². The summed E-state index contributed by atoms with van der Waals surface area (Å²) in [5.41, 5.74) is 2.49. The van der Waals surface area contributed by atoms with E-state index in [1.165, 1.54) is 0 Å². The molecule has 0 fully saturated rings. The zero-order valence-corrected chi connectivity index (χ0v) is 16.7. The van der Waals surface area contributed by atoms with Gasteiger partial charge in [0.1, 0.15) is 11.4 Å². The van der Waals surface area contributed by atoms with E-state index < -0.39 is 0 Å². The predicted molar refractivity (Wildman–Crippen MR) is 109 cm³/mol. The lowest BCUT2D eigenvalue weighted by atomic mass is 10.0. The average molecular weight is 396 g/mol. The molecule has 0 unspecified atom stereocenters. The van der Waals surface area contributed by atoms with Gasteiger partial charge in [-0.15, -0.1) is 0 Å². The molecular formula is C22H22ClN3O2. The summed E-state index contributed by atoms with van der Waals surface area (Å²) in [5.74, 6) is 0.131. The number of aromatic nitrogens is 3. The number of Topliss-reactive ketones (excluding diaryl/α,β-unsaturated/α-hetero) is 2. The Bertz CT molecular complexity index is 995. The van der Waals surface area contributed by atoms with E-state index in [9.17, 15) is 9.59 Å². The minimum absolute atomic E-state index is 0.0348. The number of carbonyl (C=O) groups excluding carboxylic acids is 2. The maximum Gasteiger partial charge on any atom is 0.181 e. The van der Waals surface area contributed by atoms with Gasteiger partial charge >= 0.3 is 0 Å². The van der Waals surface area contributed by atoms with Crippen molar-refractivity contribution in [2.75, 3.05) is 0 Å². The molecule has 3 aromatic rings. The van der Waals surface area contributed by atoms with Gasteiger partial charge in [0.05, 0.1) is 11.9 Å². The van der Waals surface area contributed by atoms with Crippen LogP contribution in [-0.4, -0.2) is 26.3 Å². The monoisotopic (exact) mass is 395 g/mol. The van der Waals surface area contributed by atoms with E-state index in [1.54, 1.807) is 35.1 Å². The number of halogens is 1. The number of aryl methyl sites for hydroxylation is 1. The molecule has 28 heavy (non-hydrogen) atoms. The van der Waals surface area contributed by atoms with Crippen LogP contribution in [0.1, 0.15) is 53.2 Å². The highest BCUT2D eigenvalue weighted by Crippen LogP contribution is 2.16. The first-order chi connectivity index (χ1) is 13.4. The van der Waals surface area contributed by atoms with Crippen molar-refractivity contribution >= 4 is 23.2 Å². The maximum absolute atomic E-state index is 12.5. The molecule has 0 aliphatic heterocycles. The number of nitrogens with zero attached hydrogens (tertiary/aromatic N) is 3. The fraction of sp³-hybridized carbons (Fsp3) is 0.273. The van der Waals surface area contributed by atoms with Crippen molar-refractivity contribution in [2.45, 2.75) is 33.1 Å². The minimum Gasteiger partial charge on any atom is -0.292 e. The lowest BCUT2D eigenvalue weighted by molar-refractivity contribution is 0.0962. The minimum atomic E-state index is -0.0882. The molecule has 0 N–H and O–H groups in total. The summed E-state index contributed by atoms with van der Waals surface area (Å²) in [5, 5.41) is 4.97. The number of rotatable bonds is 8. The van der Waals surface area contributed by atoms with E-state index in [0.717, 1.165) is 11.3 Å². The van der Waals surface area contributed by atoms with Crippen LogP contribution in [0.5, 0.6) is 0 Å². The van der Waals surface area contributed by atoms with Crippen LogP contribution >= 0.6 is 11.6 Å². The Hall–Kier alpha value is -2.79. The molecule has 0 saturated heterocycles. The molecule has 0 spiro atoms. The lowest BCUT2D eigenvalue weighted by Crippen LogP contribution is -2.10. The molecule has 0 atom stereocenters. The van der Waals surface area contributed by atoms with Crippen molar-refractivity contribution in [1.29, 1.82) is 0 Å². The highest BCUT2D eigenvalue weighted by molar-refractivity contribution is 6.30. The van der Waals surface area contributed by atoms with Gasteiger partial charge in [0, 0.05) is 24.1 Å². The second-order valence-electron chi connectivity index (χ2n) is 7.13. The van der Waals surface area contributed by atoms with Crippen LogP contribution in [0.3, 0.4) is 0 Å². The molecule has 0 amide bonds. The van der Waals surface area contributed by atoms with Gasteiger partial charge in [0.15, 0.2) is 11.6 Å². The van der Waals surface area contributed by atoms with Gasteiger partial charge < -0.3 is 0 Å². The smallest absolute Gasteiger partial charge is 0.181 e. The number of carbonyl (C=O) groups is 2. The van der Waals surface area contributed by atoms with Crippen LogP contribution in [0.4, 0.5) is 0 Å². The van der Waals surface area contributed by atoms with Crippen molar-refractivity contribution in [3.05, 3.63) is 76.8 Å². The molecule has 0 aliphatic carbocycles. The number of benzene rings is 1. The van der Waals surface area contributed by atoms with Gasteiger partial charge in [0.2, 0.25) is 0 Å². The average Bonchev–Trinajstić information content (AvgIpc) is 3.15. The Kier molecular flexibility index (Phi) is 6.37. The quantitative estimate of drug-likeness (QED) is 0.505. The fourth-order valence-electron chi connectivity index (χ4n) is 2.86. The highest BCUT2D eigenvalue weighted by atomic mass is 35.5. The Balaban J connectivity index is 1.64. The largest absolute Gasteiger partial charge is 0.292 e. The van der Waals surface area contributed by atoms with Crippen LogP contribution in [0.2, 0.25) is 5.02 Å². The molecule has 2 heterocycles. The van der Waals surface area contributed by atoms with Crippen LogP contribution < -0.4 is 0 Å². The van der Waals surface area contributed by atoms with Crippen molar-refractivity contribution in [1.82, 2.24) is 14.8 Å². The zero-order valence-electron chi connectivity index (χ0n) is 15.9. The first kappa shape index (κ1) is 20.0. The summed E-state index contributed by atoms with van der Waals surface area (Å²) in [4.78, 5) is 29.0. The molecule has 144 valence electrons. The van der Waals surface area contributed by atoms with Crippen molar-refractivity contribution < 1.29 is 9.59 Å². The standard InChI is InChI=1S/C22H22ClN3O2/c1-15(2)11-22(28)20-8-4-7-19(25-20)21(27)10-9-16-13-24-26(14-16)18-6-3-5-17(23)12-18/h3-8,12-15H,9-11H2,1-2H3. The third-order valence-electron chi connectivity index (χ3n) is 4.26. The lowest BCUT2D eigenvalue weighted by Gasteiger charge is -2.05. The fourth-order valence-corrected chi connectivity index (χ4v) is 3.04. The van der Waals surface area contributed by atoms with E-state index >= 15 is 0 Å². The van der Waals surface area contributed by atoms with E-state index in [0.29, 0.717) is 35.7 Å². The molecule has 0 bridgehead atoms. The van der Waals surface area contributed by atoms with E-state index in [1.807, 2.05) is 38.2 Å². The summed E-state index contributed by atoms with van der Waals surface area (Å²) in [6.45, 7) is 3.97. The van der Waals surface area contributed by atoms with Crippen molar-refractivity contribution in [3.63, 3.8) is 0 Å². The summed E-state index contributed by atoms with van der Waals surface area (Å²) >= 11 is 6.02. The Morgan fingerprint density at radius 2 is 1.79 bits per heavy atom. The molecule has 5 nitrogen and oxygen atoms in total. The van der Waals surface area contributed by atoms with Crippen molar-refractivity contribution in [3.8, 4) is 5.69 Å². The van der Waals surface area contributed by atoms with E-state index in [4.69, 9.17) is 11.6 Å². The summed E-state index contributed by atoms with van der Waals surface area (Å²) < 4.78 is 1.73. The summed E-state index contributed by atoms with van der Waals surface area (Å²) in [6, 6.07) is 12.4. The molecule has 3 rings (SSSR count). The zero-order chi connectivity index (χ0) is 20.1. The third-order valence-corrected chi connectivity index (χ3v) is 4.50. The van der Waals surface area contributed by atoms with Gasteiger partial charge in [-0.25, -0.2) is 9.67 Å². The summed E-state index contributed by atoms with van der Waals surface area (Å²) in [6.07, 6.45) is 4.90. The summed E-state index contributed by atoms with van der Waals surface area (Å²) in [7, 11) is 0. The van der Waals surface area contributed by atoms with Gasteiger partial charge in [-0.1, -0.05) is 37.6 Å². The van der Waals surface area contributed by atoms with Crippen molar-refractivity contribution in [2.24, 2.45) is 5.92 Å². The SMILES string of the molecule is CC(C)CC(=O)c1cccc(C(=O)CCc2cnn(-c3cccc(Cl)c3)c2)n1. The molecular weight excluding hydrogens is 374 g/mol. The van der Waals surface area contributed by atoms with Crippen LogP contribution in [0.15, 0.2) is 54.9 Å². The van der Waals surface area contributed by atoms with Gasteiger partial charge in [-0.05, 0) is 48.2 Å². The molecule has 1 aromatic carbocycles. The second-order valence-corrected chi connectivity index (χ2v) is 7.56. The number of pyridine rings is 1. The maximum atomic E-state index is 12.5. The van der Waals surface area contributed by atoms with Gasteiger partial charge in [0.25, 0.3) is 0 Å². The van der Waals surface area contributed by atoms with E-state index in [2.05, 4.69) is 10.1 Å². The number of ketones is 2. The molecule has 6 heteroatoms. The first-order valence-electron chi connectivity index (χ1n) is 9.25. The molecule has 0 radical (unpaired) electrons. The first-order valence-corrected chi connectivity index (χ1v) is 9.63. The van der Waals surface area contributed by atoms with Crippen LogP contribution in [-0.2, 0) is 6.42 Å². The van der Waals surface area contributed by atoms with Crippen LogP contribution in [0, 0.1) is 5.92 Å². The molecule has 0 saturated carbocycles. The Morgan fingerprint density at radius 3 is 2.50 bits per heavy atom. The topological polar surface area (TPSA) is 64.8 Å². The number of hydrogen-bond acceptors (Lipinski definition) is 4. The third kappa shape index (κ3) is 5.14. The van der Waals surface area contributed by atoms with Crippen LogP contribution in [0.25, 0.3) is 5.69 Å². The Morgan fingerprint density at radius 1 is 1.07 bits per heavy atom. The molecule has 2 aromatic heterocycles. The predicted octanol–water partition coefficient (Wildman–Crippen LogP) is 4.97. The number of hydrogen-bond donors (Lipinski definition) is 0. The highest BCUT2D eigenvalue weighted by Gasteiger charge is 2.14.